The van der Waals surface area contributed by atoms with Gasteiger partial charge < -0.3 is 5.73 Å². The van der Waals surface area contributed by atoms with Gasteiger partial charge in [-0.3, -0.25) is 14.6 Å². The fourth-order valence-corrected chi connectivity index (χ4v) is 11.7. The number of piperidine rings is 6. The highest BCUT2D eigenvalue weighted by Crippen LogP contribution is 2.59. The van der Waals surface area contributed by atoms with Gasteiger partial charge in [0.15, 0.2) is 5.78 Å². The molecule has 8 fully saturated rings. The first-order valence-corrected chi connectivity index (χ1v) is 19.7. The first-order chi connectivity index (χ1) is 24.8. The van der Waals surface area contributed by atoms with Crippen LogP contribution < -0.4 is 5.73 Å². The van der Waals surface area contributed by atoms with E-state index in [0.717, 1.165) is 44.2 Å². The minimum absolute atomic E-state index is 0. The maximum Gasteiger partial charge on any atom is 0.420 e. The number of thiophene rings is 2. The van der Waals surface area contributed by atoms with Gasteiger partial charge in [0.1, 0.15) is 17.2 Å². The smallest absolute Gasteiger partial charge is 0.326 e. The average Bonchev–Trinajstić information content (AvgIpc) is 4.00. The Morgan fingerprint density at radius 2 is 1.40 bits per heavy atom. The summed E-state index contributed by atoms with van der Waals surface area (Å²) < 4.78 is 64.9. The molecule has 53 heavy (non-hydrogen) atoms. The molecule has 0 unspecified atom stereocenters. The van der Waals surface area contributed by atoms with Crippen molar-refractivity contribution in [2.24, 2.45) is 23.5 Å². The third-order valence-corrected chi connectivity index (χ3v) is 14.9. The molecule has 2 spiro atoms. The zero-order valence-electron chi connectivity index (χ0n) is 29.4. The summed E-state index contributed by atoms with van der Waals surface area (Å²) in [5.74, 6) is 0.999. The molecule has 2 aromatic carbocycles. The Labute approximate surface area is 319 Å². The Balaban J connectivity index is 0.000000141. The largest absolute Gasteiger partial charge is 0.420 e. The normalized spacial score (nSPS) is 27.8. The molecule has 2 atom stereocenters. The van der Waals surface area contributed by atoms with E-state index in [1.54, 1.807) is 13.0 Å². The van der Waals surface area contributed by atoms with Crippen LogP contribution in [0.3, 0.4) is 0 Å². The molecule has 8 aliphatic rings. The average molecular weight is 796 g/mol. The Morgan fingerprint density at radius 3 is 1.94 bits per heavy atom. The number of hydrogen-bond acceptors (Lipinski definition) is 8. The van der Waals surface area contributed by atoms with Crippen LogP contribution in [0.2, 0.25) is 0 Å². The lowest BCUT2D eigenvalue weighted by Gasteiger charge is -2.52. The topological polar surface area (TPSA) is 83.7 Å². The molecule has 14 heteroatoms. The number of nitrogens with two attached hydrogens (primary N) is 1. The summed E-state index contributed by atoms with van der Waals surface area (Å²) in [6, 6.07) is 9.51. The maximum absolute atomic E-state index is 13.8. The highest BCUT2D eigenvalue weighted by molar-refractivity contribution is 7.21. The second-order valence-electron chi connectivity index (χ2n) is 15.2. The molecule has 2 aromatic heterocycles. The molecular formula is C39H43ClF5N3O3S2. The monoisotopic (exact) mass is 795 g/mol. The van der Waals surface area contributed by atoms with E-state index in [0.29, 0.717) is 40.4 Å². The molecule has 4 bridgehead atoms. The summed E-state index contributed by atoms with van der Waals surface area (Å²) in [5, 5.41) is 2.93. The molecule has 2 N–H and O–H groups in total. The lowest BCUT2D eigenvalue weighted by molar-refractivity contribution is -0.191. The number of rotatable bonds is 3. The molecular weight excluding hydrogens is 753 g/mol. The van der Waals surface area contributed by atoms with Crippen LogP contribution >= 0.6 is 35.1 Å². The summed E-state index contributed by atoms with van der Waals surface area (Å²) in [4.78, 5) is 35.3. The van der Waals surface area contributed by atoms with E-state index >= 15 is 0 Å². The van der Waals surface area contributed by atoms with Gasteiger partial charge >= 0.3 is 12.3 Å². The van der Waals surface area contributed by atoms with E-state index in [9.17, 15) is 26.7 Å². The predicted octanol–water partition coefficient (Wildman–Crippen LogP) is 9.27. The van der Waals surface area contributed by atoms with E-state index in [4.69, 9.17) is 15.3 Å². The zero-order valence-corrected chi connectivity index (χ0v) is 31.8. The van der Waals surface area contributed by atoms with E-state index in [1.807, 2.05) is 6.07 Å². The molecule has 6 nitrogen and oxygen atoms in total. The number of aryl methyl sites for hydroxylation is 1. The van der Waals surface area contributed by atoms with Crippen LogP contribution in [0, 0.1) is 36.3 Å². The minimum Gasteiger partial charge on any atom is -0.326 e. The Bertz CT molecular complexity index is 1980. The summed E-state index contributed by atoms with van der Waals surface area (Å²) in [6.07, 6.45) is 6.86. The summed E-state index contributed by atoms with van der Waals surface area (Å²) >= 11 is 2.37. The van der Waals surface area contributed by atoms with Gasteiger partial charge in [0.05, 0.1) is 4.88 Å². The third-order valence-electron chi connectivity index (χ3n) is 12.7. The molecule has 0 amide bonds. The van der Waals surface area contributed by atoms with Gasteiger partial charge in [-0.2, -0.15) is 22.8 Å². The van der Waals surface area contributed by atoms with E-state index in [2.05, 4.69) is 9.80 Å². The van der Waals surface area contributed by atoms with Gasteiger partial charge in [0.25, 0.3) is 0 Å². The number of fused-ring (bicyclic) bond motifs is 6. The van der Waals surface area contributed by atoms with Gasteiger partial charge in [0.2, 0.25) is 0 Å². The molecule has 6 aliphatic heterocycles. The van der Waals surface area contributed by atoms with Crippen LogP contribution in [0.15, 0.2) is 41.8 Å². The summed E-state index contributed by atoms with van der Waals surface area (Å²) in [7, 11) is 0. The summed E-state index contributed by atoms with van der Waals surface area (Å²) in [5.41, 5.74) is 6.59. The molecule has 286 valence electrons. The van der Waals surface area contributed by atoms with Gasteiger partial charge in [0, 0.05) is 38.5 Å². The SMILES string of the molecule is Cc1c(F)ccc2cc(C(=O)C[C@@H]3C4CCN(CC4)C34CC4)sc12.Cl.Fc1ccc2ccsc2c1C(F)(F)F.N[C@@H]1C2CCN(CC2)C12CC2.O=C=O. The van der Waals surface area contributed by atoms with Crippen molar-refractivity contribution in [1.29, 1.82) is 0 Å². The second kappa shape index (κ2) is 15.4. The van der Waals surface area contributed by atoms with Crippen molar-refractivity contribution in [2.75, 3.05) is 26.2 Å². The Morgan fingerprint density at radius 1 is 0.849 bits per heavy atom. The van der Waals surface area contributed by atoms with Crippen LogP contribution in [-0.4, -0.2) is 65.0 Å². The molecule has 2 aliphatic carbocycles. The maximum atomic E-state index is 13.8. The number of Topliss-reactive ketones (excluding diaryl/α,β-unsaturated/α-hetero) is 1. The van der Waals surface area contributed by atoms with Crippen molar-refractivity contribution < 1.29 is 36.3 Å². The number of hydrogen-bond donors (Lipinski definition) is 1. The molecule has 2 saturated carbocycles. The Hall–Kier alpha value is -2.77. The van der Waals surface area contributed by atoms with Gasteiger partial charge in [-0.1, -0.05) is 12.1 Å². The number of benzene rings is 2. The van der Waals surface area contributed by atoms with Crippen molar-refractivity contribution in [2.45, 2.75) is 88.0 Å². The van der Waals surface area contributed by atoms with Crippen molar-refractivity contribution >= 4 is 67.2 Å². The van der Waals surface area contributed by atoms with E-state index < -0.39 is 17.6 Å². The molecule has 12 rings (SSSR count). The number of nitrogens with zero attached hydrogens (tertiary/aromatic N) is 2. The van der Waals surface area contributed by atoms with Crippen molar-refractivity contribution in [3.63, 3.8) is 0 Å². The molecule has 8 heterocycles. The van der Waals surface area contributed by atoms with Crippen molar-refractivity contribution in [3.05, 3.63) is 69.4 Å². The quantitative estimate of drug-likeness (QED) is 0.165. The van der Waals surface area contributed by atoms with E-state index in [-0.39, 0.29) is 34.9 Å². The second-order valence-corrected chi connectivity index (χ2v) is 17.1. The lowest BCUT2D eigenvalue weighted by Crippen LogP contribution is -2.63. The molecule has 4 aromatic rings. The first kappa shape index (κ1) is 39.9. The van der Waals surface area contributed by atoms with Crippen LogP contribution in [0.1, 0.15) is 78.6 Å². The van der Waals surface area contributed by atoms with Crippen LogP contribution in [0.25, 0.3) is 20.2 Å². The number of ketones is 1. The van der Waals surface area contributed by atoms with Crippen LogP contribution in [0.4, 0.5) is 22.0 Å². The fraction of sp³-hybridized carbons (Fsp3) is 0.538. The highest BCUT2D eigenvalue weighted by atomic mass is 35.5. The zero-order chi connectivity index (χ0) is 37.0. The molecule has 0 radical (unpaired) electrons. The number of carbonyl (C=O) groups is 1. The lowest BCUT2D eigenvalue weighted by atomic mass is 9.70. The fourth-order valence-electron chi connectivity index (χ4n) is 9.65. The van der Waals surface area contributed by atoms with Gasteiger partial charge in [-0.05, 0) is 143 Å². The van der Waals surface area contributed by atoms with Crippen LogP contribution in [0.5, 0.6) is 0 Å². The van der Waals surface area contributed by atoms with Crippen molar-refractivity contribution in [1.82, 2.24) is 9.80 Å². The Kier molecular flexibility index (Phi) is 11.6. The number of halogens is 6. The predicted molar refractivity (Wildman–Crippen MR) is 198 cm³/mol. The van der Waals surface area contributed by atoms with E-state index in [1.165, 1.54) is 112 Å². The first-order valence-electron chi connectivity index (χ1n) is 18.0. The van der Waals surface area contributed by atoms with Gasteiger partial charge in [-0.25, -0.2) is 8.78 Å². The van der Waals surface area contributed by atoms with Crippen LogP contribution in [-0.2, 0) is 15.8 Å². The third kappa shape index (κ3) is 7.47. The van der Waals surface area contributed by atoms with Crippen molar-refractivity contribution in [3.8, 4) is 0 Å². The van der Waals surface area contributed by atoms with Gasteiger partial charge in [-0.15, -0.1) is 35.1 Å². The summed E-state index contributed by atoms with van der Waals surface area (Å²) in [6.45, 7) is 6.93. The standard InChI is InChI=1S/C20H22FNOS.C9H4F4S.C9H16N2.CO2.ClH/c1-12-16(21)3-2-14-10-18(24-19(12)14)17(23)11-15-13-4-8-22(9-5-13)20(15)6-7-20;10-6-2-1-5-3-4-14-8(5)7(6)9(11,12)13;10-8-7-1-5-11(6-2-7)9(8)3-4-9;2-1-3;/h2-3,10,13,15H,4-9,11H2,1H3;1-4H;7-8H,1-6,10H2;;1H/t15-;;8-;;/m1.1../s1. The number of carbonyl (C=O) groups excluding carboxylic acids is 3. The number of alkyl halides is 3. The molecule has 6 saturated heterocycles. The highest BCUT2D eigenvalue weighted by Gasteiger charge is 2.60. The minimum atomic E-state index is -4.63.